The molecule has 1 heterocycles. The Morgan fingerprint density at radius 3 is 2.72 bits per heavy atom. The number of rotatable bonds is 6. The van der Waals surface area contributed by atoms with E-state index in [1.807, 2.05) is 54.6 Å². The maximum absolute atomic E-state index is 12.3. The zero-order valence-corrected chi connectivity index (χ0v) is 14.1. The third kappa shape index (κ3) is 5.05. The van der Waals surface area contributed by atoms with Crippen molar-refractivity contribution in [2.24, 2.45) is 0 Å². The van der Waals surface area contributed by atoms with Crippen LogP contribution in [0.15, 0.2) is 54.6 Å². The van der Waals surface area contributed by atoms with Crippen molar-refractivity contribution in [1.29, 1.82) is 0 Å². The number of ether oxygens (including phenoxy) is 2. The molecule has 2 aromatic rings. The Labute approximate surface area is 147 Å². The molecule has 2 N–H and O–H groups in total. The van der Waals surface area contributed by atoms with Crippen LogP contribution in [0.25, 0.3) is 0 Å². The average Bonchev–Trinajstić information content (AvgIpc) is 2.64. The van der Waals surface area contributed by atoms with Gasteiger partial charge in [-0.25, -0.2) is 0 Å². The van der Waals surface area contributed by atoms with Gasteiger partial charge in [-0.1, -0.05) is 48.5 Å². The Morgan fingerprint density at radius 1 is 1.16 bits per heavy atom. The summed E-state index contributed by atoms with van der Waals surface area (Å²) in [7, 11) is 0. The highest BCUT2D eigenvalue weighted by molar-refractivity contribution is 5.79. The molecule has 1 fully saturated rings. The summed E-state index contributed by atoms with van der Waals surface area (Å²) < 4.78 is 11.1. The van der Waals surface area contributed by atoms with E-state index in [2.05, 4.69) is 5.32 Å². The fourth-order valence-corrected chi connectivity index (χ4v) is 2.85. The monoisotopic (exact) mass is 341 g/mol. The molecule has 0 saturated carbocycles. The number of carbonyl (C=O) groups excluding carboxylic acids is 1. The SMILES string of the molecule is O=C(Cc1ccccc1OCc1ccccc1)N[C@@H]1CCOC[C@H]1O. The second-order valence-electron chi connectivity index (χ2n) is 6.16. The van der Waals surface area contributed by atoms with Gasteiger partial charge in [0.1, 0.15) is 12.4 Å². The molecule has 0 bridgehead atoms. The van der Waals surface area contributed by atoms with Crippen LogP contribution in [-0.4, -0.2) is 36.4 Å². The van der Waals surface area contributed by atoms with Gasteiger partial charge in [-0.3, -0.25) is 4.79 Å². The summed E-state index contributed by atoms with van der Waals surface area (Å²) in [5.74, 6) is 0.579. The molecule has 25 heavy (non-hydrogen) atoms. The van der Waals surface area contributed by atoms with Gasteiger partial charge >= 0.3 is 0 Å². The fraction of sp³-hybridized carbons (Fsp3) is 0.350. The van der Waals surface area contributed by atoms with Crippen molar-refractivity contribution in [1.82, 2.24) is 5.32 Å². The molecule has 1 amide bonds. The van der Waals surface area contributed by atoms with Crippen molar-refractivity contribution in [3.8, 4) is 5.75 Å². The molecule has 0 aromatic heterocycles. The zero-order chi connectivity index (χ0) is 17.5. The van der Waals surface area contributed by atoms with E-state index in [0.717, 1.165) is 11.1 Å². The molecule has 5 nitrogen and oxygen atoms in total. The minimum Gasteiger partial charge on any atom is -0.489 e. The average molecular weight is 341 g/mol. The summed E-state index contributed by atoms with van der Waals surface area (Å²) >= 11 is 0. The summed E-state index contributed by atoms with van der Waals surface area (Å²) in [5, 5.41) is 12.8. The molecule has 3 rings (SSSR count). The number of hydrogen-bond acceptors (Lipinski definition) is 4. The first-order chi connectivity index (χ1) is 12.2. The van der Waals surface area contributed by atoms with Gasteiger partial charge in [-0.2, -0.15) is 0 Å². The number of carbonyl (C=O) groups is 1. The van der Waals surface area contributed by atoms with E-state index in [1.165, 1.54) is 0 Å². The molecular weight excluding hydrogens is 318 g/mol. The molecule has 1 saturated heterocycles. The number of benzene rings is 2. The molecule has 5 heteroatoms. The minimum absolute atomic E-state index is 0.123. The highest BCUT2D eigenvalue weighted by Gasteiger charge is 2.25. The molecule has 0 spiro atoms. The standard InChI is InChI=1S/C20H23NO4/c22-18-14-24-11-10-17(18)21-20(23)12-16-8-4-5-9-19(16)25-13-15-6-2-1-3-7-15/h1-9,17-18,22H,10-14H2,(H,21,23)/t17-,18-/m1/s1. The van der Waals surface area contributed by atoms with Crippen LogP contribution in [0.1, 0.15) is 17.5 Å². The van der Waals surface area contributed by atoms with E-state index in [-0.39, 0.29) is 25.0 Å². The van der Waals surface area contributed by atoms with Crippen molar-refractivity contribution in [3.63, 3.8) is 0 Å². The molecule has 132 valence electrons. The van der Waals surface area contributed by atoms with E-state index in [0.29, 0.717) is 25.4 Å². The number of hydrogen-bond donors (Lipinski definition) is 2. The van der Waals surface area contributed by atoms with Crippen LogP contribution in [0.3, 0.4) is 0 Å². The predicted molar refractivity (Wildman–Crippen MR) is 94.3 cm³/mol. The van der Waals surface area contributed by atoms with E-state index in [4.69, 9.17) is 9.47 Å². The van der Waals surface area contributed by atoms with Gasteiger partial charge in [0.2, 0.25) is 5.91 Å². The topological polar surface area (TPSA) is 67.8 Å². The third-order valence-electron chi connectivity index (χ3n) is 4.23. The Kier molecular flexibility index (Phi) is 6.04. The third-order valence-corrected chi connectivity index (χ3v) is 4.23. The maximum Gasteiger partial charge on any atom is 0.224 e. The zero-order valence-electron chi connectivity index (χ0n) is 14.1. The lowest BCUT2D eigenvalue weighted by molar-refractivity contribution is -0.123. The lowest BCUT2D eigenvalue weighted by Crippen LogP contribution is -2.49. The smallest absolute Gasteiger partial charge is 0.224 e. The van der Waals surface area contributed by atoms with Gasteiger partial charge in [-0.05, 0) is 18.1 Å². The molecule has 1 aliphatic rings. The van der Waals surface area contributed by atoms with Crippen LogP contribution in [0, 0.1) is 0 Å². The van der Waals surface area contributed by atoms with Gasteiger partial charge < -0.3 is 19.9 Å². The largest absolute Gasteiger partial charge is 0.489 e. The summed E-state index contributed by atoms with van der Waals surface area (Å²) in [6.45, 7) is 1.28. The number of aliphatic hydroxyl groups excluding tert-OH is 1. The number of amides is 1. The van der Waals surface area contributed by atoms with Gasteiger partial charge in [-0.15, -0.1) is 0 Å². The Bertz CT molecular complexity index is 689. The van der Waals surface area contributed by atoms with Crippen molar-refractivity contribution >= 4 is 5.91 Å². The quantitative estimate of drug-likeness (QED) is 0.844. The highest BCUT2D eigenvalue weighted by atomic mass is 16.5. The van der Waals surface area contributed by atoms with Crippen LogP contribution in [-0.2, 0) is 22.6 Å². The molecule has 2 atom stereocenters. The normalized spacial score (nSPS) is 20.0. The van der Waals surface area contributed by atoms with E-state index >= 15 is 0 Å². The van der Waals surface area contributed by atoms with Crippen LogP contribution in [0.2, 0.25) is 0 Å². The first kappa shape index (κ1) is 17.5. The summed E-state index contributed by atoms with van der Waals surface area (Å²) in [6.07, 6.45) is 0.191. The van der Waals surface area contributed by atoms with Gasteiger partial charge in [0.05, 0.1) is 25.2 Å². The Balaban J connectivity index is 1.59. The molecule has 0 unspecified atom stereocenters. The molecule has 2 aromatic carbocycles. The molecule has 0 radical (unpaired) electrons. The van der Waals surface area contributed by atoms with Gasteiger partial charge in [0, 0.05) is 12.2 Å². The van der Waals surface area contributed by atoms with Crippen LogP contribution in [0.5, 0.6) is 5.75 Å². The number of para-hydroxylation sites is 1. The van der Waals surface area contributed by atoms with Gasteiger partial charge in [0.15, 0.2) is 0 Å². The van der Waals surface area contributed by atoms with Crippen molar-refractivity contribution < 1.29 is 19.4 Å². The second-order valence-corrected chi connectivity index (χ2v) is 6.16. The van der Waals surface area contributed by atoms with Gasteiger partial charge in [0.25, 0.3) is 0 Å². The molecular formula is C20H23NO4. The van der Waals surface area contributed by atoms with Crippen molar-refractivity contribution in [3.05, 3.63) is 65.7 Å². The first-order valence-corrected chi connectivity index (χ1v) is 8.52. The lowest BCUT2D eigenvalue weighted by Gasteiger charge is -2.28. The maximum atomic E-state index is 12.3. The van der Waals surface area contributed by atoms with Crippen LogP contribution < -0.4 is 10.1 Å². The highest BCUT2D eigenvalue weighted by Crippen LogP contribution is 2.20. The molecule has 0 aliphatic carbocycles. The predicted octanol–water partition coefficient (Wildman–Crippen LogP) is 2.07. The Morgan fingerprint density at radius 2 is 1.92 bits per heavy atom. The van der Waals surface area contributed by atoms with Crippen molar-refractivity contribution in [2.45, 2.75) is 31.6 Å². The van der Waals surface area contributed by atoms with E-state index in [1.54, 1.807) is 0 Å². The van der Waals surface area contributed by atoms with Crippen molar-refractivity contribution in [2.75, 3.05) is 13.2 Å². The summed E-state index contributed by atoms with van der Waals surface area (Å²) in [4.78, 5) is 12.3. The van der Waals surface area contributed by atoms with E-state index in [9.17, 15) is 9.90 Å². The second kappa shape index (κ2) is 8.65. The number of aliphatic hydroxyl groups is 1. The number of nitrogens with one attached hydrogen (secondary N) is 1. The molecule has 1 aliphatic heterocycles. The van der Waals surface area contributed by atoms with E-state index < -0.39 is 6.10 Å². The Hall–Kier alpha value is -2.37. The van der Waals surface area contributed by atoms with Crippen LogP contribution in [0.4, 0.5) is 0 Å². The first-order valence-electron chi connectivity index (χ1n) is 8.52. The summed E-state index contributed by atoms with van der Waals surface area (Å²) in [5.41, 5.74) is 1.91. The summed E-state index contributed by atoms with van der Waals surface area (Å²) in [6, 6.07) is 17.2. The minimum atomic E-state index is -0.651. The lowest BCUT2D eigenvalue weighted by atomic mass is 10.1. The fourth-order valence-electron chi connectivity index (χ4n) is 2.85. The van der Waals surface area contributed by atoms with Crippen LogP contribution >= 0.6 is 0 Å².